The third-order valence-corrected chi connectivity index (χ3v) is 1.98. The molecule has 1 aromatic rings. The predicted octanol–water partition coefficient (Wildman–Crippen LogP) is 2.10. The summed E-state index contributed by atoms with van der Waals surface area (Å²) in [6, 6.07) is 1.45. The highest BCUT2D eigenvalue weighted by molar-refractivity contribution is 9.10. The maximum atomic E-state index is 10.3. The fourth-order valence-electron chi connectivity index (χ4n) is 0.656. The van der Waals surface area contributed by atoms with E-state index in [1.807, 2.05) is 0 Å². The van der Waals surface area contributed by atoms with Crippen molar-refractivity contribution in [2.45, 2.75) is 6.56 Å². The van der Waals surface area contributed by atoms with Gasteiger partial charge in [-0.1, -0.05) is 11.6 Å². The Hall–Kier alpha value is -0.650. The normalized spacial score (nSPS) is 13.3. The molecule has 0 bridgehead atoms. The summed E-state index contributed by atoms with van der Waals surface area (Å²) < 4.78 is 19.9. The number of carboxylic acid groups (broad SMARTS) is 1. The van der Waals surface area contributed by atoms with Crippen molar-refractivity contribution in [3.05, 3.63) is 27.5 Å². The summed E-state index contributed by atoms with van der Waals surface area (Å²) in [5.41, 5.74) is -0.0573. The Morgan fingerprint density at radius 2 is 2.57 bits per heavy atom. The number of aromatic nitrogens is 1. The highest BCUT2D eigenvalue weighted by atomic mass is 79.9. The van der Waals surface area contributed by atoms with Crippen LogP contribution in [0.25, 0.3) is 0 Å². The standard InChI is InChI=1S/C8H7BrClNO3/c9-6-1-5(10)2-11-7(6)3-14-4-8(12)13/h1-2H,3-4H2,(H,12,13)/i3D2. The molecule has 0 unspecified atom stereocenters. The van der Waals surface area contributed by atoms with E-state index in [0.717, 1.165) is 0 Å². The van der Waals surface area contributed by atoms with Crippen LogP contribution in [0.2, 0.25) is 5.02 Å². The van der Waals surface area contributed by atoms with Crippen molar-refractivity contribution in [1.29, 1.82) is 0 Å². The Bertz CT molecular complexity index is 416. The lowest BCUT2D eigenvalue weighted by Gasteiger charge is -2.03. The lowest BCUT2D eigenvalue weighted by Crippen LogP contribution is -2.07. The number of hydrogen-bond acceptors (Lipinski definition) is 3. The number of ether oxygens (including phenoxy) is 1. The van der Waals surface area contributed by atoms with Gasteiger partial charge in [-0.25, -0.2) is 4.79 Å². The molecule has 1 aromatic heterocycles. The van der Waals surface area contributed by atoms with Gasteiger partial charge in [-0.15, -0.1) is 0 Å². The van der Waals surface area contributed by atoms with Crippen LogP contribution in [-0.2, 0) is 16.1 Å². The number of pyridine rings is 1. The molecule has 0 fully saturated rings. The topological polar surface area (TPSA) is 59.4 Å². The second kappa shape index (κ2) is 5.29. The highest BCUT2D eigenvalue weighted by Gasteiger charge is 2.04. The molecule has 0 aliphatic rings. The second-order valence-electron chi connectivity index (χ2n) is 2.27. The molecule has 76 valence electrons. The van der Waals surface area contributed by atoms with Crippen molar-refractivity contribution in [3.8, 4) is 0 Å². The molecule has 1 N–H and O–H groups in total. The number of rotatable bonds is 4. The van der Waals surface area contributed by atoms with E-state index in [0.29, 0.717) is 9.50 Å². The van der Waals surface area contributed by atoms with Gasteiger partial charge in [-0.2, -0.15) is 0 Å². The van der Waals surface area contributed by atoms with E-state index in [9.17, 15) is 4.79 Å². The molecule has 0 radical (unpaired) electrons. The third kappa shape index (κ3) is 3.61. The minimum atomic E-state index is -2.29. The summed E-state index contributed by atoms with van der Waals surface area (Å²) >= 11 is 8.72. The zero-order valence-corrected chi connectivity index (χ0v) is 9.17. The van der Waals surface area contributed by atoms with E-state index in [4.69, 9.17) is 19.4 Å². The van der Waals surface area contributed by atoms with E-state index in [1.165, 1.54) is 12.3 Å². The van der Waals surface area contributed by atoms with Crippen LogP contribution in [-0.4, -0.2) is 22.7 Å². The van der Waals surface area contributed by atoms with E-state index < -0.39 is 19.1 Å². The van der Waals surface area contributed by atoms with Gasteiger partial charge in [-0.3, -0.25) is 4.98 Å². The Morgan fingerprint density at radius 3 is 3.14 bits per heavy atom. The molecule has 6 heteroatoms. The molecule has 0 spiro atoms. The van der Waals surface area contributed by atoms with Crippen LogP contribution in [0.3, 0.4) is 0 Å². The summed E-state index contributed by atoms with van der Waals surface area (Å²) in [5.74, 6) is -1.26. The van der Waals surface area contributed by atoms with Gasteiger partial charge in [0.05, 0.1) is 20.0 Å². The fraction of sp³-hybridized carbons (Fsp3) is 0.250. The molecule has 0 atom stereocenters. The van der Waals surface area contributed by atoms with Crippen molar-refractivity contribution in [3.63, 3.8) is 0 Å². The van der Waals surface area contributed by atoms with E-state index in [2.05, 4.69) is 25.7 Å². The summed E-state index contributed by atoms with van der Waals surface area (Å²) in [6.07, 6.45) is 1.25. The van der Waals surface area contributed by atoms with Gasteiger partial charge >= 0.3 is 5.97 Å². The van der Waals surface area contributed by atoms with Crippen LogP contribution < -0.4 is 0 Å². The molecule has 0 aliphatic heterocycles. The molecule has 1 rings (SSSR count). The van der Waals surface area contributed by atoms with Gasteiger partial charge in [0.1, 0.15) is 6.61 Å². The molecular formula is C8H7BrClNO3. The van der Waals surface area contributed by atoms with E-state index in [-0.39, 0.29) is 5.69 Å². The minimum Gasteiger partial charge on any atom is -0.480 e. The van der Waals surface area contributed by atoms with Gasteiger partial charge in [0.25, 0.3) is 0 Å². The van der Waals surface area contributed by atoms with Crippen LogP contribution in [0.4, 0.5) is 0 Å². The molecule has 0 amide bonds. The average molecular weight is 283 g/mol. The molecule has 14 heavy (non-hydrogen) atoms. The number of hydrogen-bond donors (Lipinski definition) is 1. The molecule has 1 heterocycles. The number of carboxylic acids is 1. The van der Waals surface area contributed by atoms with E-state index in [1.54, 1.807) is 0 Å². The maximum absolute atomic E-state index is 10.3. The smallest absolute Gasteiger partial charge is 0.329 e. The van der Waals surface area contributed by atoms with Crippen molar-refractivity contribution in [1.82, 2.24) is 4.98 Å². The lowest BCUT2D eigenvalue weighted by atomic mass is 10.4. The molecule has 0 aliphatic carbocycles. The lowest BCUT2D eigenvalue weighted by molar-refractivity contribution is -0.142. The number of carbonyl (C=O) groups is 1. The number of halogens is 2. The first kappa shape index (κ1) is 8.64. The Labute approximate surface area is 96.8 Å². The highest BCUT2D eigenvalue weighted by Crippen LogP contribution is 2.19. The average Bonchev–Trinajstić information content (AvgIpc) is 2.14. The van der Waals surface area contributed by atoms with Crippen molar-refractivity contribution in [2.75, 3.05) is 6.61 Å². The third-order valence-electron chi connectivity index (χ3n) is 1.17. The van der Waals surface area contributed by atoms with Crippen molar-refractivity contribution >= 4 is 33.5 Å². The first-order valence-electron chi connectivity index (χ1n) is 4.50. The quantitative estimate of drug-likeness (QED) is 0.919. The molecule has 4 nitrogen and oxygen atoms in total. The number of nitrogens with zero attached hydrogens (tertiary/aromatic N) is 1. The molecule has 0 aromatic carbocycles. The first-order valence-corrected chi connectivity index (χ1v) is 4.67. The molecule has 0 saturated heterocycles. The Kier molecular flexibility index (Phi) is 3.26. The van der Waals surface area contributed by atoms with Gasteiger partial charge < -0.3 is 9.84 Å². The van der Waals surface area contributed by atoms with Gasteiger partial charge in [0, 0.05) is 10.7 Å². The van der Waals surface area contributed by atoms with Crippen LogP contribution in [0, 0.1) is 0 Å². The Balaban J connectivity index is 2.92. The zero-order chi connectivity index (χ0) is 12.3. The van der Waals surface area contributed by atoms with Crippen molar-refractivity contribution < 1.29 is 17.4 Å². The SMILES string of the molecule is [2H]C([2H])(OCC(=O)O)c1ncc(Cl)cc1Br. The van der Waals surface area contributed by atoms with Crippen LogP contribution in [0.5, 0.6) is 0 Å². The summed E-state index contributed by atoms with van der Waals surface area (Å²) in [4.78, 5) is 14.0. The van der Waals surface area contributed by atoms with Crippen molar-refractivity contribution in [2.24, 2.45) is 0 Å². The van der Waals surface area contributed by atoms with Gasteiger partial charge in [0.2, 0.25) is 0 Å². The molecule has 0 saturated carbocycles. The Morgan fingerprint density at radius 1 is 1.86 bits per heavy atom. The molecular weight excluding hydrogens is 273 g/mol. The summed E-state index contributed by atoms with van der Waals surface area (Å²) in [5, 5.41) is 8.73. The van der Waals surface area contributed by atoms with E-state index >= 15 is 0 Å². The fourth-order valence-corrected chi connectivity index (χ4v) is 1.38. The summed E-state index contributed by atoms with van der Waals surface area (Å²) in [6.45, 7) is -3.04. The predicted molar refractivity (Wildman–Crippen MR) is 54.2 cm³/mol. The van der Waals surface area contributed by atoms with Crippen LogP contribution in [0.15, 0.2) is 16.7 Å². The largest absolute Gasteiger partial charge is 0.480 e. The summed E-state index contributed by atoms with van der Waals surface area (Å²) in [7, 11) is 0. The van der Waals surface area contributed by atoms with Gasteiger partial charge in [-0.05, 0) is 22.0 Å². The zero-order valence-electron chi connectivity index (χ0n) is 8.83. The second-order valence-corrected chi connectivity index (χ2v) is 3.56. The van der Waals surface area contributed by atoms with Gasteiger partial charge in [0.15, 0.2) is 0 Å². The number of aliphatic carboxylic acids is 1. The van der Waals surface area contributed by atoms with Crippen LogP contribution in [0.1, 0.15) is 8.44 Å². The monoisotopic (exact) mass is 281 g/mol. The first-order chi connectivity index (χ1) is 7.33. The van der Waals surface area contributed by atoms with Crippen LogP contribution >= 0.6 is 27.5 Å². The maximum Gasteiger partial charge on any atom is 0.329 e. The minimum absolute atomic E-state index is 0.0573.